The van der Waals surface area contributed by atoms with Gasteiger partial charge in [0, 0.05) is 10.6 Å². The lowest BCUT2D eigenvalue weighted by atomic mass is 10.2. The number of thiophene rings is 1. The van der Waals surface area contributed by atoms with Crippen molar-refractivity contribution in [2.24, 2.45) is 5.10 Å². The standard InChI is InChI=1S/C15H20N2OS/c18-15(14-10-11-6-5-9-13(11)19-14)17-16-12-7-3-1-2-4-8-12/h10H,1-9H2,(H,17,18). The van der Waals surface area contributed by atoms with E-state index in [2.05, 4.69) is 16.6 Å². The number of carbonyl (C=O) groups excluding carboxylic acids is 1. The van der Waals surface area contributed by atoms with Crippen LogP contribution in [-0.2, 0) is 12.8 Å². The topological polar surface area (TPSA) is 41.5 Å². The third kappa shape index (κ3) is 3.06. The third-order valence-corrected chi connectivity index (χ3v) is 5.20. The molecule has 1 saturated carbocycles. The summed E-state index contributed by atoms with van der Waals surface area (Å²) in [6.45, 7) is 0. The SMILES string of the molecule is O=C(NN=C1CCCCCC1)c1cc2c(s1)CCC2. The van der Waals surface area contributed by atoms with E-state index < -0.39 is 0 Å². The normalized spacial score (nSPS) is 18.8. The zero-order valence-corrected chi connectivity index (χ0v) is 12.0. The maximum Gasteiger partial charge on any atom is 0.281 e. The van der Waals surface area contributed by atoms with Gasteiger partial charge in [-0.25, -0.2) is 5.43 Å². The fourth-order valence-electron chi connectivity index (χ4n) is 2.87. The van der Waals surface area contributed by atoms with Gasteiger partial charge in [0.15, 0.2) is 0 Å². The maximum atomic E-state index is 12.1. The lowest BCUT2D eigenvalue weighted by molar-refractivity contribution is 0.0958. The molecule has 0 aromatic carbocycles. The van der Waals surface area contributed by atoms with E-state index in [1.54, 1.807) is 11.3 Å². The van der Waals surface area contributed by atoms with Crippen molar-refractivity contribution >= 4 is 23.0 Å². The summed E-state index contributed by atoms with van der Waals surface area (Å²) >= 11 is 1.64. The highest BCUT2D eigenvalue weighted by Crippen LogP contribution is 2.30. The summed E-state index contributed by atoms with van der Waals surface area (Å²) in [5.41, 5.74) is 5.28. The highest BCUT2D eigenvalue weighted by atomic mass is 32.1. The lowest BCUT2D eigenvalue weighted by Gasteiger charge is -2.02. The Labute approximate surface area is 118 Å². The monoisotopic (exact) mass is 276 g/mol. The number of carbonyl (C=O) groups is 1. The highest BCUT2D eigenvalue weighted by molar-refractivity contribution is 7.14. The minimum atomic E-state index is -0.0313. The van der Waals surface area contributed by atoms with Crippen LogP contribution in [0, 0.1) is 0 Å². The number of nitrogens with one attached hydrogen (secondary N) is 1. The summed E-state index contributed by atoms with van der Waals surface area (Å²) in [5.74, 6) is -0.0313. The molecule has 1 heterocycles. The minimum absolute atomic E-state index is 0.0313. The van der Waals surface area contributed by atoms with E-state index in [1.165, 1.54) is 42.5 Å². The number of hydrogen-bond donors (Lipinski definition) is 1. The molecule has 0 spiro atoms. The molecule has 0 radical (unpaired) electrons. The van der Waals surface area contributed by atoms with Crippen molar-refractivity contribution in [3.05, 3.63) is 21.4 Å². The molecule has 4 heteroatoms. The van der Waals surface area contributed by atoms with Crippen LogP contribution in [0.4, 0.5) is 0 Å². The summed E-state index contributed by atoms with van der Waals surface area (Å²) in [6.07, 6.45) is 10.6. The first kappa shape index (κ1) is 12.9. The predicted molar refractivity (Wildman–Crippen MR) is 78.9 cm³/mol. The first-order chi connectivity index (χ1) is 9.33. The Bertz CT molecular complexity index is 473. The largest absolute Gasteiger partial charge is 0.281 e. The van der Waals surface area contributed by atoms with Gasteiger partial charge < -0.3 is 0 Å². The van der Waals surface area contributed by atoms with Crippen LogP contribution in [-0.4, -0.2) is 11.6 Å². The van der Waals surface area contributed by atoms with Crippen molar-refractivity contribution in [3.63, 3.8) is 0 Å². The number of hydrogen-bond acceptors (Lipinski definition) is 3. The van der Waals surface area contributed by atoms with Crippen molar-refractivity contribution in [1.82, 2.24) is 5.43 Å². The minimum Gasteiger partial charge on any atom is -0.266 e. The average Bonchev–Trinajstić information content (AvgIpc) is 2.90. The second kappa shape index (κ2) is 5.87. The van der Waals surface area contributed by atoms with Crippen LogP contribution in [0.2, 0.25) is 0 Å². The molecular formula is C15H20N2OS. The molecule has 2 aliphatic rings. The summed E-state index contributed by atoms with van der Waals surface area (Å²) in [6, 6.07) is 2.05. The van der Waals surface area contributed by atoms with E-state index in [0.717, 1.165) is 36.3 Å². The number of aryl methyl sites for hydroxylation is 2. The van der Waals surface area contributed by atoms with Crippen molar-refractivity contribution in [1.29, 1.82) is 0 Å². The zero-order chi connectivity index (χ0) is 13.1. The van der Waals surface area contributed by atoms with Gasteiger partial charge >= 0.3 is 0 Å². The molecule has 0 unspecified atom stereocenters. The highest BCUT2D eigenvalue weighted by Gasteiger charge is 2.18. The van der Waals surface area contributed by atoms with Crippen molar-refractivity contribution in [2.75, 3.05) is 0 Å². The summed E-state index contributed by atoms with van der Waals surface area (Å²) < 4.78 is 0. The van der Waals surface area contributed by atoms with Gasteiger partial charge in [0.2, 0.25) is 0 Å². The van der Waals surface area contributed by atoms with Crippen LogP contribution in [0.1, 0.15) is 65.1 Å². The second-order valence-corrected chi connectivity index (χ2v) is 6.58. The molecule has 1 N–H and O–H groups in total. The van der Waals surface area contributed by atoms with E-state index in [9.17, 15) is 4.79 Å². The number of nitrogens with zero attached hydrogens (tertiary/aromatic N) is 1. The first-order valence-electron chi connectivity index (χ1n) is 7.30. The van der Waals surface area contributed by atoms with Crippen LogP contribution < -0.4 is 5.43 Å². The molecule has 0 atom stereocenters. The molecular weight excluding hydrogens is 256 g/mol. The molecule has 0 saturated heterocycles. The molecule has 1 fully saturated rings. The third-order valence-electron chi connectivity index (χ3n) is 3.97. The van der Waals surface area contributed by atoms with Gasteiger partial charge in [-0.05, 0) is 56.6 Å². The Morgan fingerprint density at radius 2 is 1.84 bits per heavy atom. The number of amides is 1. The molecule has 102 valence electrons. The van der Waals surface area contributed by atoms with Gasteiger partial charge in [0.25, 0.3) is 5.91 Å². The molecule has 2 aliphatic carbocycles. The number of rotatable bonds is 2. The van der Waals surface area contributed by atoms with Gasteiger partial charge in [-0.15, -0.1) is 11.3 Å². The summed E-state index contributed by atoms with van der Waals surface area (Å²) in [7, 11) is 0. The van der Waals surface area contributed by atoms with Crippen molar-refractivity contribution < 1.29 is 4.79 Å². The summed E-state index contributed by atoms with van der Waals surface area (Å²) in [4.78, 5) is 14.3. The Morgan fingerprint density at radius 1 is 1.05 bits per heavy atom. The quantitative estimate of drug-likeness (QED) is 0.650. The molecule has 1 aromatic heterocycles. The Balaban J connectivity index is 1.62. The van der Waals surface area contributed by atoms with Gasteiger partial charge in [-0.1, -0.05) is 12.8 Å². The van der Waals surface area contributed by atoms with Gasteiger partial charge in [0.1, 0.15) is 0 Å². The van der Waals surface area contributed by atoms with Gasteiger partial charge in [-0.2, -0.15) is 5.10 Å². The van der Waals surface area contributed by atoms with Crippen molar-refractivity contribution in [3.8, 4) is 0 Å². The van der Waals surface area contributed by atoms with E-state index in [0.29, 0.717) is 0 Å². The molecule has 1 aromatic rings. The first-order valence-corrected chi connectivity index (χ1v) is 8.12. The molecule has 0 bridgehead atoms. The molecule has 3 nitrogen and oxygen atoms in total. The van der Waals surface area contributed by atoms with E-state index in [1.807, 2.05) is 0 Å². The Morgan fingerprint density at radius 3 is 2.58 bits per heavy atom. The Kier molecular flexibility index (Phi) is 3.97. The maximum absolute atomic E-state index is 12.1. The average molecular weight is 276 g/mol. The van der Waals surface area contributed by atoms with Crippen LogP contribution in [0.15, 0.2) is 11.2 Å². The van der Waals surface area contributed by atoms with Gasteiger partial charge in [0.05, 0.1) is 4.88 Å². The van der Waals surface area contributed by atoms with Gasteiger partial charge in [-0.3, -0.25) is 4.79 Å². The van der Waals surface area contributed by atoms with E-state index in [4.69, 9.17) is 0 Å². The second-order valence-electron chi connectivity index (χ2n) is 5.45. The van der Waals surface area contributed by atoms with E-state index >= 15 is 0 Å². The molecule has 1 amide bonds. The number of fused-ring (bicyclic) bond motifs is 1. The summed E-state index contributed by atoms with van der Waals surface area (Å²) in [5, 5.41) is 4.33. The van der Waals surface area contributed by atoms with Crippen LogP contribution in [0.3, 0.4) is 0 Å². The molecule has 0 aliphatic heterocycles. The Hall–Kier alpha value is -1.16. The molecule has 19 heavy (non-hydrogen) atoms. The smallest absolute Gasteiger partial charge is 0.266 e. The van der Waals surface area contributed by atoms with E-state index in [-0.39, 0.29) is 5.91 Å². The fraction of sp³-hybridized carbons (Fsp3) is 0.600. The fourth-order valence-corrected chi connectivity index (χ4v) is 4.02. The van der Waals surface area contributed by atoms with Crippen LogP contribution >= 0.6 is 11.3 Å². The molecule has 3 rings (SSSR count). The predicted octanol–water partition coefficient (Wildman–Crippen LogP) is 3.68. The lowest BCUT2D eigenvalue weighted by Crippen LogP contribution is -2.18. The van der Waals surface area contributed by atoms with Crippen LogP contribution in [0.25, 0.3) is 0 Å². The number of hydrazone groups is 1. The zero-order valence-electron chi connectivity index (χ0n) is 11.2. The van der Waals surface area contributed by atoms with Crippen molar-refractivity contribution in [2.45, 2.75) is 57.8 Å². The van der Waals surface area contributed by atoms with Crippen LogP contribution in [0.5, 0.6) is 0 Å².